The van der Waals surface area contributed by atoms with Gasteiger partial charge in [0.25, 0.3) is 0 Å². The number of carbonyl (C=O) groups is 1. The first-order valence-corrected chi connectivity index (χ1v) is 6.18. The van der Waals surface area contributed by atoms with Crippen LogP contribution in [0.2, 0.25) is 0 Å². The number of hydrogen-bond acceptors (Lipinski definition) is 3. The second kappa shape index (κ2) is 6.21. The largest absolute Gasteiger partial charge is 0.393 e. The number of carbonyl (C=O) groups excluding carboxylic acids is 1. The van der Waals surface area contributed by atoms with E-state index in [2.05, 4.69) is 19.2 Å². The molecule has 4 heteroatoms. The lowest BCUT2D eigenvalue weighted by Crippen LogP contribution is -2.47. The van der Waals surface area contributed by atoms with E-state index in [4.69, 9.17) is 10.8 Å². The van der Waals surface area contributed by atoms with Crippen LogP contribution in [0.1, 0.15) is 39.5 Å². The van der Waals surface area contributed by atoms with Crippen molar-refractivity contribution in [1.29, 1.82) is 0 Å². The second-order valence-electron chi connectivity index (χ2n) is 5.33. The number of nitrogens with two attached hydrogens (primary N) is 1. The minimum atomic E-state index is -0.216. The van der Waals surface area contributed by atoms with E-state index in [-0.39, 0.29) is 24.0 Å². The summed E-state index contributed by atoms with van der Waals surface area (Å²) >= 11 is 0. The van der Waals surface area contributed by atoms with Gasteiger partial charge in [-0.1, -0.05) is 13.8 Å². The van der Waals surface area contributed by atoms with Gasteiger partial charge in [-0.05, 0) is 37.6 Å². The summed E-state index contributed by atoms with van der Waals surface area (Å²) in [6.07, 6.45) is 2.69. The lowest BCUT2D eigenvalue weighted by molar-refractivity contribution is -0.124. The minimum Gasteiger partial charge on any atom is -0.393 e. The molecule has 1 unspecified atom stereocenters. The number of amides is 1. The summed E-state index contributed by atoms with van der Waals surface area (Å²) in [6, 6.07) is 0.181. The Morgan fingerprint density at radius 2 is 2.12 bits per heavy atom. The number of rotatable bonds is 6. The maximum absolute atomic E-state index is 11.7. The molecule has 1 saturated carbocycles. The molecule has 1 fully saturated rings. The van der Waals surface area contributed by atoms with Crippen LogP contribution in [0.3, 0.4) is 0 Å². The summed E-state index contributed by atoms with van der Waals surface area (Å²) in [5.41, 5.74) is 5.65. The fraction of sp³-hybridized carbons (Fsp3) is 0.917. The number of aliphatic hydroxyl groups is 1. The van der Waals surface area contributed by atoms with Gasteiger partial charge in [0.15, 0.2) is 0 Å². The van der Waals surface area contributed by atoms with Crippen LogP contribution in [0.4, 0.5) is 0 Å². The predicted molar refractivity (Wildman–Crippen MR) is 63.8 cm³/mol. The molecule has 1 atom stereocenters. The Morgan fingerprint density at radius 1 is 1.50 bits per heavy atom. The van der Waals surface area contributed by atoms with E-state index >= 15 is 0 Å². The van der Waals surface area contributed by atoms with Crippen LogP contribution in [0.25, 0.3) is 0 Å². The van der Waals surface area contributed by atoms with Gasteiger partial charge in [-0.3, -0.25) is 4.79 Å². The topological polar surface area (TPSA) is 75.4 Å². The van der Waals surface area contributed by atoms with E-state index < -0.39 is 0 Å². The fourth-order valence-corrected chi connectivity index (χ4v) is 2.18. The molecule has 0 radical (unpaired) electrons. The Bertz CT molecular complexity index is 225. The Balaban J connectivity index is 2.20. The molecule has 0 heterocycles. The van der Waals surface area contributed by atoms with Crippen molar-refractivity contribution in [3.05, 3.63) is 0 Å². The van der Waals surface area contributed by atoms with Gasteiger partial charge in [0.05, 0.1) is 6.10 Å². The SMILES string of the molecule is CC(C)CC(CN)CC(=O)NC1CC(O)C1. The van der Waals surface area contributed by atoms with Gasteiger partial charge in [0, 0.05) is 12.5 Å². The van der Waals surface area contributed by atoms with Crippen molar-refractivity contribution >= 4 is 5.91 Å². The van der Waals surface area contributed by atoms with Crippen LogP contribution in [-0.4, -0.2) is 29.7 Å². The molecule has 0 spiro atoms. The summed E-state index contributed by atoms with van der Waals surface area (Å²) in [4.78, 5) is 11.7. The predicted octanol–water partition coefficient (Wildman–Crippen LogP) is 0.637. The Labute approximate surface area is 97.6 Å². The van der Waals surface area contributed by atoms with Crippen molar-refractivity contribution in [2.45, 2.75) is 51.7 Å². The Kier molecular flexibility index (Phi) is 5.22. The van der Waals surface area contributed by atoms with E-state index in [1.54, 1.807) is 0 Å². The Hall–Kier alpha value is -0.610. The van der Waals surface area contributed by atoms with Crippen molar-refractivity contribution in [3.8, 4) is 0 Å². The standard InChI is InChI=1S/C12H24N2O2/c1-8(2)3-9(7-13)4-12(16)14-10-5-11(15)6-10/h8-11,15H,3-7,13H2,1-2H3,(H,14,16). The molecule has 4 N–H and O–H groups in total. The average molecular weight is 228 g/mol. The fourth-order valence-electron chi connectivity index (χ4n) is 2.18. The molecule has 0 bridgehead atoms. The molecule has 16 heavy (non-hydrogen) atoms. The zero-order chi connectivity index (χ0) is 12.1. The number of aliphatic hydroxyl groups excluding tert-OH is 1. The molecule has 4 nitrogen and oxygen atoms in total. The van der Waals surface area contributed by atoms with Gasteiger partial charge in [-0.2, -0.15) is 0 Å². The summed E-state index contributed by atoms with van der Waals surface area (Å²) in [7, 11) is 0. The van der Waals surface area contributed by atoms with Gasteiger partial charge < -0.3 is 16.2 Å². The van der Waals surface area contributed by atoms with E-state index in [9.17, 15) is 4.79 Å². The van der Waals surface area contributed by atoms with E-state index in [1.165, 1.54) is 0 Å². The van der Waals surface area contributed by atoms with Gasteiger partial charge in [-0.15, -0.1) is 0 Å². The Morgan fingerprint density at radius 3 is 2.56 bits per heavy atom. The van der Waals surface area contributed by atoms with Crippen LogP contribution < -0.4 is 11.1 Å². The van der Waals surface area contributed by atoms with E-state index in [1.807, 2.05) is 0 Å². The summed E-state index contributed by atoms with van der Waals surface area (Å²) in [5.74, 6) is 0.935. The maximum atomic E-state index is 11.7. The molecule has 1 aliphatic rings. The molecule has 0 aromatic rings. The lowest BCUT2D eigenvalue weighted by atomic mass is 9.88. The highest BCUT2D eigenvalue weighted by Crippen LogP contribution is 2.20. The smallest absolute Gasteiger partial charge is 0.220 e. The molecule has 1 rings (SSSR count). The average Bonchev–Trinajstić information content (AvgIpc) is 2.13. The first-order valence-electron chi connectivity index (χ1n) is 6.18. The first kappa shape index (κ1) is 13.5. The zero-order valence-electron chi connectivity index (χ0n) is 10.3. The summed E-state index contributed by atoms with van der Waals surface area (Å²) in [6.45, 7) is 4.85. The summed E-state index contributed by atoms with van der Waals surface area (Å²) < 4.78 is 0. The molecule has 0 aliphatic heterocycles. The van der Waals surface area contributed by atoms with Crippen molar-refractivity contribution in [1.82, 2.24) is 5.32 Å². The van der Waals surface area contributed by atoms with Crippen LogP contribution >= 0.6 is 0 Å². The number of nitrogens with one attached hydrogen (secondary N) is 1. The van der Waals surface area contributed by atoms with E-state index in [0.29, 0.717) is 31.7 Å². The highest BCUT2D eigenvalue weighted by atomic mass is 16.3. The van der Waals surface area contributed by atoms with E-state index in [0.717, 1.165) is 6.42 Å². The number of hydrogen-bond donors (Lipinski definition) is 3. The third-order valence-electron chi connectivity index (χ3n) is 3.09. The highest BCUT2D eigenvalue weighted by Gasteiger charge is 2.28. The van der Waals surface area contributed by atoms with Crippen LogP contribution in [0.5, 0.6) is 0 Å². The minimum absolute atomic E-state index is 0.0769. The van der Waals surface area contributed by atoms with Crippen molar-refractivity contribution in [2.75, 3.05) is 6.54 Å². The molecule has 1 amide bonds. The normalized spacial score (nSPS) is 26.3. The van der Waals surface area contributed by atoms with Gasteiger partial charge in [0.2, 0.25) is 5.91 Å². The van der Waals surface area contributed by atoms with Crippen LogP contribution in [0, 0.1) is 11.8 Å². The van der Waals surface area contributed by atoms with Crippen molar-refractivity contribution < 1.29 is 9.90 Å². The first-order chi connectivity index (χ1) is 7.51. The highest BCUT2D eigenvalue weighted by molar-refractivity contribution is 5.76. The molecule has 0 saturated heterocycles. The van der Waals surface area contributed by atoms with Crippen molar-refractivity contribution in [3.63, 3.8) is 0 Å². The van der Waals surface area contributed by atoms with Gasteiger partial charge in [-0.25, -0.2) is 0 Å². The molecular weight excluding hydrogens is 204 g/mol. The summed E-state index contributed by atoms with van der Waals surface area (Å²) in [5, 5.41) is 12.0. The molecule has 1 aliphatic carbocycles. The van der Waals surface area contributed by atoms with Gasteiger partial charge in [0.1, 0.15) is 0 Å². The molecule has 0 aromatic carbocycles. The van der Waals surface area contributed by atoms with Crippen LogP contribution in [0.15, 0.2) is 0 Å². The second-order valence-corrected chi connectivity index (χ2v) is 5.33. The quantitative estimate of drug-likeness (QED) is 0.624. The third-order valence-corrected chi connectivity index (χ3v) is 3.09. The molecule has 0 aromatic heterocycles. The third kappa shape index (κ3) is 4.49. The molecule has 94 valence electrons. The molecular formula is C12H24N2O2. The lowest BCUT2D eigenvalue weighted by Gasteiger charge is -2.32. The zero-order valence-corrected chi connectivity index (χ0v) is 10.3. The monoisotopic (exact) mass is 228 g/mol. The van der Waals surface area contributed by atoms with Crippen LogP contribution in [-0.2, 0) is 4.79 Å². The maximum Gasteiger partial charge on any atom is 0.220 e. The van der Waals surface area contributed by atoms with Gasteiger partial charge >= 0.3 is 0 Å². The van der Waals surface area contributed by atoms with Crippen molar-refractivity contribution in [2.24, 2.45) is 17.6 Å².